The van der Waals surface area contributed by atoms with E-state index >= 15 is 0 Å². The Kier molecular flexibility index (Phi) is 10.9. The minimum atomic E-state index is -4.41. The second-order valence-corrected chi connectivity index (χ2v) is 7.08. The van der Waals surface area contributed by atoms with Gasteiger partial charge < -0.3 is 10.6 Å². The molecule has 0 aliphatic heterocycles. The Balaban J connectivity index is 0.00000420. The molecular weight excluding hydrogens is 514 g/mol. The molecular formula is C19H27F3IN5S. The van der Waals surface area contributed by atoms with E-state index in [4.69, 9.17) is 0 Å². The number of thiazole rings is 1. The standard InChI is InChI=1S/C19H26F3N5S.HI/c1-4-27(5-2)12-15-9-7-6-8-14(15)10-24-18(23-3)25-11-17-26-16(13-28-17)19(20,21)22;/h6-9,13H,4-5,10-12H2,1-3H3,(H2,23,24,25);1H. The number of aromatic nitrogens is 1. The van der Waals surface area contributed by atoms with E-state index in [0.717, 1.165) is 41.9 Å². The summed E-state index contributed by atoms with van der Waals surface area (Å²) in [5, 5.41) is 7.61. The Morgan fingerprint density at radius 3 is 2.28 bits per heavy atom. The van der Waals surface area contributed by atoms with Crippen LogP contribution in [0.2, 0.25) is 0 Å². The molecule has 0 amide bonds. The fraction of sp³-hybridized carbons (Fsp3) is 0.474. The zero-order valence-electron chi connectivity index (χ0n) is 16.7. The van der Waals surface area contributed by atoms with Crippen molar-refractivity contribution in [2.24, 2.45) is 4.99 Å². The van der Waals surface area contributed by atoms with Gasteiger partial charge in [-0.1, -0.05) is 38.1 Å². The highest BCUT2D eigenvalue weighted by Crippen LogP contribution is 2.29. The van der Waals surface area contributed by atoms with Crippen molar-refractivity contribution in [2.75, 3.05) is 20.1 Å². The van der Waals surface area contributed by atoms with E-state index in [9.17, 15) is 13.2 Å². The summed E-state index contributed by atoms with van der Waals surface area (Å²) in [5.41, 5.74) is 1.54. The van der Waals surface area contributed by atoms with Gasteiger partial charge in [-0.2, -0.15) is 13.2 Å². The van der Waals surface area contributed by atoms with Crippen molar-refractivity contribution in [2.45, 2.75) is 39.7 Å². The first-order chi connectivity index (χ1) is 13.4. The molecule has 1 heterocycles. The quantitative estimate of drug-likeness (QED) is 0.294. The second-order valence-electron chi connectivity index (χ2n) is 6.13. The van der Waals surface area contributed by atoms with Gasteiger partial charge in [0, 0.05) is 25.5 Å². The van der Waals surface area contributed by atoms with E-state index in [0.29, 0.717) is 17.5 Å². The molecule has 162 valence electrons. The Hall–Kier alpha value is -1.40. The molecule has 2 N–H and O–H groups in total. The van der Waals surface area contributed by atoms with Crippen LogP contribution in [-0.2, 0) is 25.8 Å². The summed E-state index contributed by atoms with van der Waals surface area (Å²) >= 11 is 0.976. The number of hydrogen-bond donors (Lipinski definition) is 2. The number of benzene rings is 1. The molecule has 0 spiro atoms. The highest BCUT2D eigenvalue weighted by molar-refractivity contribution is 14.0. The van der Waals surface area contributed by atoms with Crippen molar-refractivity contribution in [3.63, 3.8) is 0 Å². The monoisotopic (exact) mass is 541 g/mol. The third kappa shape index (κ3) is 8.09. The van der Waals surface area contributed by atoms with Crippen molar-refractivity contribution in [3.05, 3.63) is 51.5 Å². The van der Waals surface area contributed by atoms with Crippen LogP contribution in [0, 0.1) is 0 Å². The number of rotatable bonds is 8. The fourth-order valence-electron chi connectivity index (χ4n) is 2.65. The van der Waals surface area contributed by atoms with Crippen LogP contribution in [0.25, 0.3) is 0 Å². The maximum absolute atomic E-state index is 12.6. The van der Waals surface area contributed by atoms with Gasteiger partial charge in [0.1, 0.15) is 5.01 Å². The lowest BCUT2D eigenvalue weighted by Gasteiger charge is -2.20. The summed E-state index contributed by atoms with van der Waals surface area (Å²) in [6.45, 7) is 7.86. The maximum Gasteiger partial charge on any atom is 0.434 e. The van der Waals surface area contributed by atoms with Crippen molar-refractivity contribution in [1.29, 1.82) is 0 Å². The number of nitrogens with zero attached hydrogens (tertiary/aromatic N) is 3. The van der Waals surface area contributed by atoms with Gasteiger partial charge in [-0.3, -0.25) is 9.89 Å². The molecule has 2 aromatic rings. The molecule has 0 fully saturated rings. The van der Waals surface area contributed by atoms with E-state index in [-0.39, 0.29) is 30.5 Å². The molecule has 5 nitrogen and oxygen atoms in total. The smallest absolute Gasteiger partial charge is 0.352 e. The van der Waals surface area contributed by atoms with Gasteiger partial charge in [0.2, 0.25) is 0 Å². The number of alkyl halides is 3. The summed E-state index contributed by atoms with van der Waals surface area (Å²) in [6, 6.07) is 8.19. The van der Waals surface area contributed by atoms with E-state index in [2.05, 4.69) is 51.5 Å². The number of guanidine groups is 1. The molecule has 0 unspecified atom stereocenters. The minimum absolute atomic E-state index is 0. The topological polar surface area (TPSA) is 52.5 Å². The lowest BCUT2D eigenvalue weighted by atomic mass is 10.1. The first-order valence-electron chi connectivity index (χ1n) is 9.12. The molecule has 0 aliphatic carbocycles. The molecule has 0 aliphatic rings. The molecule has 0 radical (unpaired) electrons. The normalized spacial score (nSPS) is 12.0. The fourth-order valence-corrected chi connectivity index (χ4v) is 3.39. The van der Waals surface area contributed by atoms with E-state index in [1.165, 1.54) is 5.56 Å². The molecule has 0 atom stereocenters. The van der Waals surface area contributed by atoms with E-state index in [1.807, 2.05) is 12.1 Å². The first kappa shape index (κ1) is 25.6. The van der Waals surface area contributed by atoms with Crippen LogP contribution in [0.15, 0.2) is 34.6 Å². The Morgan fingerprint density at radius 1 is 1.10 bits per heavy atom. The summed E-state index contributed by atoms with van der Waals surface area (Å²) in [7, 11) is 1.63. The number of hydrogen-bond acceptors (Lipinski definition) is 4. The lowest BCUT2D eigenvalue weighted by Crippen LogP contribution is -2.36. The number of aliphatic imine (C=N–C) groups is 1. The summed E-state index contributed by atoms with van der Waals surface area (Å²) in [5.74, 6) is 0.515. The van der Waals surface area contributed by atoms with Gasteiger partial charge in [0.25, 0.3) is 0 Å². The van der Waals surface area contributed by atoms with Gasteiger partial charge in [-0.25, -0.2) is 4.98 Å². The Morgan fingerprint density at radius 2 is 1.72 bits per heavy atom. The van der Waals surface area contributed by atoms with Crippen LogP contribution in [-0.4, -0.2) is 36.0 Å². The third-order valence-corrected chi connectivity index (χ3v) is 5.17. The van der Waals surface area contributed by atoms with Crippen LogP contribution in [0.3, 0.4) is 0 Å². The summed E-state index contributed by atoms with van der Waals surface area (Å²) < 4.78 is 37.9. The molecule has 0 saturated carbocycles. The van der Waals surface area contributed by atoms with Crippen LogP contribution in [0.1, 0.15) is 35.7 Å². The average molecular weight is 541 g/mol. The van der Waals surface area contributed by atoms with Gasteiger partial charge >= 0.3 is 6.18 Å². The van der Waals surface area contributed by atoms with Crippen LogP contribution < -0.4 is 10.6 Å². The summed E-state index contributed by atoms with van der Waals surface area (Å²) in [4.78, 5) is 10.1. The third-order valence-electron chi connectivity index (χ3n) is 4.33. The van der Waals surface area contributed by atoms with Crippen molar-refractivity contribution in [1.82, 2.24) is 20.5 Å². The van der Waals surface area contributed by atoms with Crippen LogP contribution >= 0.6 is 35.3 Å². The molecule has 0 bridgehead atoms. The zero-order chi connectivity index (χ0) is 20.6. The van der Waals surface area contributed by atoms with Crippen molar-refractivity contribution >= 4 is 41.3 Å². The zero-order valence-corrected chi connectivity index (χ0v) is 19.9. The molecule has 1 aromatic carbocycles. The predicted octanol–water partition coefficient (Wildman–Crippen LogP) is 4.49. The van der Waals surface area contributed by atoms with Crippen molar-refractivity contribution in [3.8, 4) is 0 Å². The van der Waals surface area contributed by atoms with Gasteiger partial charge in [0.05, 0.1) is 6.54 Å². The van der Waals surface area contributed by atoms with Crippen LogP contribution in [0.5, 0.6) is 0 Å². The van der Waals surface area contributed by atoms with Gasteiger partial charge in [-0.15, -0.1) is 35.3 Å². The van der Waals surface area contributed by atoms with Gasteiger partial charge in [-0.05, 0) is 24.2 Å². The SMILES string of the molecule is CCN(CC)Cc1ccccc1CNC(=NC)NCc1nc(C(F)(F)F)cs1.I. The van der Waals surface area contributed by atoms with E-state index < -0.39 is 11.9 Å². The largest absolute Gasteiger partial charge is 0.434 e. The van der Waals surface area contributed by atoms with Crippen molar-refractivity contribution < 1.29 is 13.2 Å². The lowest BCUT2D eigenvalue weighted by molar-refractivity contribution is -0.140. The minimum Gasteiger partial charge on any atom is -0.352 e. The molecule has 2 rings (SSSR count). The number of halogens is 4. The average Bonchev–Trinajstić information content (AvgIpc) is 3.16. The molecule has 29 heavy (non-hydrogen) atoms. The predicted molar refractivity (Wildman–Crippen MR) is 123 cm³/mol. The Bertz CT molecular complexity index is 775. The molecule has 10 heteroatoms. The molecule has 0 saturated heterocycles. The highest BCUT2D eigenvalue weighted by Gasteiger charge is 2.33. The second kappa shape index (κ2) is 12.3. The summed E-state index contributed by atoms with van der Waals surface area (Å²) in [6.07, 6.45) is -4.41. The highest BCUT2D eigenvalue weighted by atomic mass is 127. The number of nitrogens with one attached hydrogen (secondary N) is 2. The Labute approximate surface area is 190 Å². The van der Waals surface area contributed by atoms with Crippen LogP contribution in [0.4, 0.5) is 13.2 Å². The van der Waals surface area contributed by atoms with Gasteiger partial charge in [0.15, 0.2) is 11.7 Å². The van der Waals surface area contributed by atoms with E-state index in [1.54, 1.807) is 7.05 Å². The maximum atomic E-state index is 12.6. The molecule has 1 aromatic heterocycles. The first-order valence-corrected chi connectivity index (χ1v) is 10.0.